The van der Waals surface area contributed by atoms with Gasteiger partial charge >= 0.3 is 27.3 Å². The Hall–Kier alpha value is -0.138. The average molecular weight is 461 g/mol. The topological polar surface area (TPSA) is 32.7 Å². The number of hydrogen-bond donors (Lipinski definition) is 1. The predicted octanol–water partition coefficient (Wildman–Crippen LogP) is 1.57. The fraction of sp³-hybridized carbons (Fsp3) is 0.600. The first-order valence-electron chi connectivity index (χ1n) is 6.45. The number of benzene rings is 1. The minimum atomic E-state index is -0.807. The zero-order valence-corrected chi connectivity index (χ0v) is 18.3. The summed E-state index contributed by atoms with van der Waals surface area (Å²) in [5.41, 5.74) is 0.123. The molecule has 3 nitrogen and oxygen atoms in total. The van der Waals surface area contributed by atoms with Crippen molar-refractivity contribution in [2.75, 3.05) is 27.7 Å². The zero-order chi connectivity index (χ0) is 13.8. The molecular weight excluding hydrogens is 433 g/mol. The van der Waals surface area contributed by atoms with E-state index in [1.807, 2.05) is 45.3 Å². The van der Waals surface area contributed by atoms with Crippen molar-refractivity contribution in [1.29, 1.82) is 0 Å². The van der Waals surface area contributed by atoms with Crippen LogP contribution < -0.4 is 4.74 Å². The summed E-state index contributed by atoms with van der Waals surface area (Å²) in [6, 6.07) is 7.72. The van der Waals surface area contributed by atoms with Crippen molar-refractivity contribution in [2.45, 2.75) is 25.9 Å². The number of ether oxygens (including phenoxy) is 1. The molecule has 1 N–H and O–H groups in total. The van der Waals surface area contributed by atoms with Crippen molar-refractivity contribution in [3.8, 4) is 5.75 Å². The molecule has 2 atom stereocenters. The molecule has 0 aliphatic heterocycles. The first-order valence-corrected chi connectivity index (χ1v) is 6.45. The predicted molar refractivity (Wildman–Crippen MR) is 83.4 cm³/mol. The number of hydrogen-bond acceptors (Lipinski definition) is 3. The molecule has 0 spiro atoms. The molecule has 0 saturated carbocycles. The SMILES string of the molecule is CCC(O)(c1cccc(OC)c1)C(C)CN(C)C.[PbH2]. The van der Waals surface area contributed by atoms with Gasteiger partial charge in [-0.15, -0.1) is 0 Å². The molecule has 0 fully saturated rings. The van der Waals surface area contributed by atoms with Crippen molar-refractivity contribution in [3.63, 3.8) is 0 Å². The molecule has 0 aliphatic rings. The molecule has 0 saturated heterocycles. The van der Waals surface area contributed by atoms with Crippen LogP contribution in [0.4, 0.5) is 0 Å². The minimum absolute atomic E-state index is 0. The van der Waals surface area contributed by atoms with Crippen LogP contribution in [-0.2, 0) is 5.60 Å². The summed E-state index contributed by atoms with van der Waals surface area (Å²) in [5.74, 6) is 0.945. The van der Waals surface area contributed by atoms with Gasteiger partial charge in [-0.25, -0.2) is 0 Å². The van der Waals surface area contributed by atoms with Gasteiger partial charge in [0.15, 0.2) is 0 Å². The van der Waals surface area contributed by atoms with Crippen LogP contribution in [0, 0.1) is 5.92 Å². The van der Waals surface area contributed by atoms with E-state index in [0.717, 1.165) is 17.9 Å². The van der Waals surface area contributed by atoms with Gasteiger partial charge in [-0.2, -0.15) is 0 Å². The Morgan fingerprint density at radius 2 is 2.00 bits per heavy atom. The molecule has 1 rings (SSSR count). The molecule has 0 amide bonds. The zero-order valence-electron chi connectivity index (χ0n) is 12.8. The summed E-state index contributed by atoms with van der Waals surface area (Å²) in [6.07, 6.45) is 0.690. The quantitative estimate of drug-likeness (QED) is 0.655. The van der Waals surface area contributed by atoms with E-state index < -0.39 is 5.60 Å². The van der Waals surface area contributed by atoms with Crippen LogP contribution in [0.1, 0.15) is 25.8 Å². The van der Waals surface area contributed by atoms with Crippen LogP contribution in [0.2, 0.25) is 0 Å². The Bertz CT molecular complexity index is 384. The van der Waals surface area contributed by atoms with Gasteiger partial charge < -0.3 is 14.7 Å². The molecule has 0 aromatic heterocycles. The second kappa shape index (κ2) is 8.22. The second-order valence-electron chi connectivity index (χ2n) is 5.17. The molecule has 1 aromatic carbocycles. The monoisotopic (exact) mass is 461 g/mol. The van der Waals surface area contributed by atoms with Crippen LogP contribution in [0.25, 0.3) is 0 Å². The first kappa shape index (κ1) is 18.9. The summed E-state index contributed by atoms with van der Waals surface area (Å²) in [6.45, 7) is 4.95. The van der Waals surface area contributed by atoms with Gasteiger partial charge in [0.05, 0.1) is 12.7 Å². The van der Waals surface area contributed by atoms with Gasteiger partial charge in [-0.05, 0) is 38.2 Å². The van der Waals surface area contributed by atoms with Crippen LogP contribution in [0.5, 0.6) is 5.75 Å². The second-order valence-corrected chi connectivity index (χ2v) is 5.17. The van der Waals surface area contributed by atoms with E-state index in [-0.39, 0.29) is 33.2 Å². The van der Waals surface area contributed by atoms with Gasteiger partial charge in [0.1, 0.15) is 5.75 Å². The van der Waals surface area contributed by atoms with E-state index in [1.165, 1.54) is 0 Å². The Kier molecular flexibility index (Phi) is 8.16. The van der Waals surface area contributed by atoms with Gasteiger partial charge in [0.25, 0.3) is 0 Å². The van der Waals surface area contributed by atoms with E-state index in [0.29, 0.717) is 6.42 Å². The van der Waals surface area contributed by atoms with Crippen LogP contribution in [0.15, 0.2) is 24.3 Å². The third-order valence-electron chi connectivity index (χ3n) is 3.56. The van der Waals surface area contributed by atoms with Crippen LogP contribution in [0.3, 0.4) is 0 Å². The van der Waals surface area contributed by atoms with Gasteiger partial charge in [-0.3, -0.25) is 0 Å². The summed E-state index contributed by atoms with van der Waals surface area (Å²) < 4.78 is 5.23. The van der Waals surface area contributed by atoms with E-state index in [1.54, 1.807) is 7.11 Å². The molecular formula is C15H27NO2Pb. The Morgan fingerprint density at radius 1 is 1.37 bits per heavy atom. The first-order chi connectivity index (χ1) is 8.43. The molecule has 19 heavy (non-hydrogen) atoms. The Labute approximate surface area is 137 Å². The fourth-order valence-corrected chi connectivity index (χ4v) is 2.43. The third-order valence-corrected chi connectivity index (χ3v) is 3.56. The summed E-state index contributed by atoms with van der Waals surface area (Å²) >= 11 is 0. The summed E-state index contributed by atoms with van der Waals surface area (Å²) in [5, 5.41) is 10.9. The van der Waals surface area contributed by atoms with E-state index in [2.05, 4.69) is 11.8 Å². The molecule has 0 heterocycles. The summed E-state index contributed by atoms with van der Waals surface area (Å²) in [4.78, 5) is 2.10. The molecule has 2 unspecified atom stereocenters. The van der Waals surface area contributed by atoms with Gasteiger partial charge in [-0.1, -0.05) is 26.0 Å². The molecule has 2 radical (unpaired) electrons. The Balaban J connectivity index is 0.00000324. The maximum atomic E-state index is 10.9. The van der Waals surface area contributed by atoms with Crippen molar-refractivity contribution in [2.24, 2.45) is 5.92 Å². The normalized spacial score (nSPS) is 15.5. The average Bonchev–Trinajstić information content (AvgIpc) is 2.37. The van der Waals surface area contributed by atoms with Crippen molar-refractivity contribution in [1.82, 2.24) is 4.90 Å². The molecule has 108 valence electrons. The fourth-order valence-electron chi connectivity index (χ4n) is 2.43. The molecule has 0 aliphatic carbocycles. The van der Waals surface area contributed by atoms with E-state index in [4.69, 9.17) is 4.74 Å². The maximum absolute atomic E-state index is 10.9. The number of aliphatic hydroxyl groups is 1. The van der Waals surface area contributed by atoms with Gasteiger partial charge in [0.2, 0.25) is 0 Å². The standard InChI is InChI=1S/C15H25NO2.Pb.2H/c1-6-15(17,12(2)11-16(3)4)13-8-7-9-14(10-13)18-5;;;/h7-10,12,17H,6,11H2,1-5H3;;;. The molecule has 4 heteroatoms. The van der Waals surface area contributed by atoms with E-state index in [9.17, 15) is 5.11 Å². The number of nitrogens with zero attached hydrogens (tertiary/aromatic N) is 1. The van der Waals surface area contributed by atoms with Crippen LogP contribution in [-0.4, -0.2) is 65.1 Å². The number of rotatable bonds is 6. The van der Waals surface area contributed by atoms with Crippen molar-refractivity contribution >= 4 is 27.3 Å². The third kappa shape index (κ3) is 4.72. The van der Waals surface area contributed by atoms with Crippen LogP contribution >= 0.6 is 0 Å². The molecule has 0 bridgehead atoms. The Morgan fingerprint density at radius 3 is 2.47 bits per heavy atom. The summed E-state index contributed by atoms with van der Waals surface area (Å²) in [7, 11) is 5.70. The van der Waals surface area contributed by atoms with Crippen molar-refractivity contribution in [3.05, 3.63) is 29.8 Å². The molecule has 1 aromatic rings. The number of methoxy groups -OCH3 is 1. The van der Waals surface area contributed by atoms with E-state index >= 15 is 0 Å². The van der Waals surface area contributed by atoms with Gasteiger partial charge in [0, 0.05) is 12.5 Å². The van der Waals surface area contributed by atoms with Crippen molar-refractivity contribution < 1.29 is 9.84 Å².